The Labute approximate surface area is 86.7 Å². The number of nitrogens with zero attached hydrogens (tertiary/aromatic N) is 1. The van der Waals surface area contributed by atoms with Crippen LogP contribution in [0.15, 0.2) is 10.6 Å². The molecule has 0 bridgehead atoms. The Morgan fingerprint density at radius 3 is 3.00 bits per heavy atom. The van der Waals surface area contributed by atoms with E-state index in [-0.39, 0.29) is 24.0 Å². The molecule has 0 unspecified atom stereocenters. The molecule has 80 valence electrons. The first-order valence-electron chi connectivity index (χ1n) is 3.66. The quantitative estimate of drug-likeness (QED) is 0.734. The summed E-state index contributed by atoms with van der Waals surface area (Å²) in [6.07, 6.45) is 0. The number of aromatic nitrogens is 1. The van der Waals surface area contributed by atoms with E-state index in [2.05, 4.69) is 14.4 Å². The molecule has 0 saturated carbocycles. The summed E-state index contributed by atoms with van der Waals surface area (Å²) in [5, 5.41) is 3.47. The van der Waals surface area contributed by atoms with Gasteiger partial charge in [-0.1, -0.05) is 0 Å². The second-order valence-corrected chi connectivity index (χ2v) is 2.16. The van der Waals surface area contributed by atoms with Crippen molar-refractivity contribution in [2.45, 2.75) is 0 Å². The Hall–Kier alpha value is -1.27. The summed E-state index contributed by atoms with van der Waals surface area (Å²) in [5.41, 5.74) is 5.19. The average molecular weight is 223 g/mol. The third kappa shape index (κ3) is 3.23. The van der Waals surface area contributed by atoms with E-state index in [1.165, 1.54) is 13.2 Å². The molecule has 0 atom stereocenters. The summed E-state index contributed by atoms with van der Waals surface area (Å²) in [6, 6.07) is 1.35. The highest BCUT2D eigenvalue weighted by Gasteiger charge is 2.13. The number of carbonyl (C=O) groups is 1. The molecular weight excluding hydrogens is 212 g/mol. The van der Waals surface area contributed by atoms with Crippen LogP contribution in [0.1, 0.15) is 10.6 Å². The van der Waals surface area contributed by atoms with E-state index in [0.29, 0.717) is 13.2 Å². The van der Waals surface area contributed by atoms with Crippen LogP contribution in [0, 0.1) is 0 Å². The van der Waals surface area contributed by atoms with E-state index < -0.39 is 5.97 Å². The third-order valence-electron chi connectivity index (χ3n) is 1.24. The van der Waals surface area contributed by atoms with Crippen LogP contribution in [0.5, 0.6) is 5.88 Å². The number of carbonyl (C=O) groups excluding carboxylic acids is 1. The lowest BCUT2D eigenvalue weighted by atomic mass is 10.4. The van der Waals surface area contributed by atoms with Crippen LogP contribution in [0.3, 0.4) is 0 Å². The van der Waals surface area contributed by atoms with Gasteiger partial charge in [0.1, 0.15) is 6.61 Å². The van der Waals surface area contributed by atoms with E-state index >= 15 is 0 Å². The van der Waals surface area contributed by atoms with Crippen LogP contribution >= 0.6 is 12.4 Å². The predicted octanol–water partition coefficient (Wildman–Crippen LogP) is 0.221. The van der Waals surface area contributed by atoms with Crippen LogP contribution in [-0.4, -0.2) is 31.4 Å². The zero-order chi connectivity index (χ0) is 9.68. The van der Waals surface area contributed by atoms with Gasteiger partial charge in [0.2, 0.25) is 5.76 Å². The van der Waals surface area contributed by atoms with Gasteiger partial charge in [-0.3, -0.25) is 0 Å². The van der Waals surface area contributed by atoms with Gasteiger partial charge >= 0.3 is 5.97 Å². The molecule has 1 aromatic heterocycles. The van der Waals surface area contributed by atoms with Gasteiger partial charge < -0.3 is 19.7 Å². The molecule has 0 aromatic carbocycles. The van der Waals surface area contributed by atoms with E-state index in [0.717, 1.165) is 0 Å². The number of hydrogen-bond donors (Lipinski definition) is 1. The summed E-state index contributed by atoms with van der Waals surface area (Å²) in [6.45, 7) is 0.702. The van der Waals surface area contributed by atoms with E-state index in [1.807, 2.05) is 0 Å². The maximum absolute atomic E-state index is 10.9. The molecule has 14 heavy (non-hydrogen) atoms. The zero-order valence-corrected chi connectivity index (χ0v) is 8.37. The maximum atomic E-state index is 10.9. The first-order valence-corrected chi connectivity index (χ1v) is 3.66. The molecule has 0 aliphatic rings. The largest absolute Gasteiger partial charge is 0.474 e. The SMILES string of the molecule is COC(=O)c1cc(OCCN)no1.Cl. The highest BCUT2D eigenvalue weighted by atomic mass is 35.5. The maximum Gasteiger partial charge on any atom is 0.377 e. The monoisotopic (exact) mass is 222 g/mol. The molecule has 1 rings (SSSR count). The van der Waals surface area contributed by atoms with Gasteiger partial charge in [0.25, 0.3) is 5.88 Å². The molecule has 0 aliphatic heterocycles. The standard InChI is InChI=1S/C7H10N2O4.ClH/c1-11-7(10)5-4-6(9-13-5)12-3-2-8;/h4H,2-3,8H2,1H3;1H. The smallest absolute Gasteiger partial charge is 0.377 e. The molecule has 6 nitrogen and oxygen atoms in total. The molecule has 0 spiro atoms. The minimum absolute atomic E-state index is 0. The Morgan fingerprint density at radius 1 is 1.71 bits per heavy atom. The Bertz CT molecular complexity index is 289. The van der Waals surface area contributed by atoms with Gasteiger partial charge in [0.15, 0.2) is 0 Å². The normalized spacial score (nSPS) is 9.00. The highest BCUT2D eigenvalue weighted by molar-refractivity contribution is 5.86. The molecule has 0 amide bonds. The number of rotatable bonds is 4. The minimum atomic E-state index is -0.588. The summed E-state index contributed by atoms with van der Waals surface area (Å²) < 4.78 is 14.0. The summed E-state index contributed by atoms with van der Waals surface area (Å²) in [4.78, 5) is 10.9. The summed E-state index contributed by atoms with van der Waals surface area (Å²) >= 11 is 0. The van der Waals surface area contributed by atoms with Crippen molar-refractivity contribution in [3.63, 3.8) is 0 Å². The lowest BCUT2D eigenvalue weighted by molar-refractivity contribution is 0.0554. The number of hydrogen-bond acceptors (Lipinski definition) is 6. The summed E-state index contributed by atoms with van der Waals surface area (Å²) in [7, 11) is 1.26. The van der Waals surface area contributed by atoms with Crippen molar-refractivity contribution < 1.29 is 18.8 Å². The fourth-order valence-electron chi connectivity index (χ4n) is 0.687. The predicted molar refractivity (Wildman–Crippen MR) is 49.6 cm³/mol. The van der Waals surface area contributed by atoms with Crippen molar-refractivity contribution in [3.05, 3.63) is 11.8 Å². The molecule has 0 saturated heterocycles. The van der Waals surface area contributed by atoms with Gasteiger partial charge in [0.05, 0.1) is 13.2 Å². The van der Waals surface area contributed by atoms with Crippen LogP contribution in [0.25, 0.3) is 0 Å². The Balaban J connectivity index is 0.00000169. The van der Waals surface area contributed by atoms with Crippen LogP contribution in [-0.2, 0) is 4.74 Å². The lowest BCUT2D eigenvalue weighted by Crippen LogP contribution is -2.10. The number of methoxy groups -OCH3 is 1. The fraction of sp³-hybridized carbons (Fsp3) is 0.429. The average Bonchev–Trinajstić information content (AvgIpc) is 2.62. The van der Waals surface area contributed by atoms with E-state index in [1.54, 1.807) is 0 Å². The molecule has 1 heterocycles. The van der Waals surface area contributed by atoms with Gasteiger partial charge in [-0.05, 0) is 5.16 Å². The third-order valence-corrected chi connectivity index (χ3v) is 1.24. The lowest BCUT2D eigenvalue weighted by Gasteiger charge is -1.95. The summed E-state index contributed by atoms with van der Waals surface area (Å²) in [5.74, 6) is -0.351. The van der Waals surface area contributed by atoms with E-state index in [4.69, 9.17) is 10.5 Å². The van der Waals surface area contributed by atoms with Gasteiger partial charge in [-0.15, -0.1) is 12.4 Å². The van der Waals surface area contributed by atoms with Gasteiger partial charge in [-0.25, -0.2) is 4.79 Å². The second-order valence-electron chi connectivity index (χ2n) is 2.16. The number of ether oxygens (including phenoxy) is 2. The number of nitrogens with two attached hydrogens (primary N) is 1. The van der Waals surface area contributed by atoms with Crippen LogP contribution < -0.4 is 10.5 Å². The van der Waals surface area contributed by atoms with Crippen molar-refractivity contribution in [2.24, 2.45) is 5.73 Å². The highest BCUT2D eigenvalue weighted by Crippen LogP contribution is 2.11. The molecule has 1 aromatic rings. The number of halogens is 1. The fourth-order valence-corrected chi connectivity index (χ4v) is 0.687. The second kappa shape index (κ2) is 6.22. The first-order chi connectivity index (χ1) is 6.27. The molecule has 0 aliphatic carbocycles. The molecule has 0 radical (unpaired) electrons. The molecule has 2 N–H and O–H groups in total. The Morgan fingerprint density at radius 2 is 2.43 bits per heavy atom. The Kier molecular flexibility index (Phi) is 5.66. The van der Waals surface area contributed by atoms with Gasteiger partial charge in [-0.2, -0.15) is 0 Å². The van der Waals surface area contributed by atoms with E-state index in [9.17, 15) is 4.79 Å². The minimum Gasteiger partial charge on any atom is -0.474 e. The number of esters is 1. The van der Waals surface area contributed by atoms with Crippen LogP contribution in [0.4, 0.5) is 0 Å². The van der Waals surface area contributed by atoms with Crippen LogP contribution in [0.2, 0.25) is 0 Å². The molecule has 7 heteroatoms. The van der Waals surface area contributed by atoms with Gasteiger partial charge in [0, 0.05) is 6.54 Å². The van der Waals surface area contributed by atoms with Crippen molar-refractivity contribution in [3.8, 4) is 5.88 Å². The topological polar surface area (TPSA) is 87.6 Å². The van der Waals surface area contributed by atoms with Crippen molar-refractivity contribution in [1.82, 2.24) is 5.16 Å². The zero-order valence-electron chi connectivity index (χ0n) is 7.56. The van der Waals surface area contributed by atoms with Crippen molar-refractivity contribution in [1.29, 1.82) is 0 Å². The van der Waals surface area contributed by atoms with Crippen molar-refractivity contribution in [2.75, 3.05) is 20.3 Å². The first kappa shape index (κ1) is 12.7. The molecule has 0 fully saturated rings. The molecular formula is C7H11ClN2O4. The van der Waals surface area contributed by atoms with Crippen molar-refractivity contribution >= 4 is 18.4 Å².